The fraction of sp³-hybridized carbons (Fsp3) is 0.333. The van der Waals surface area contributed by atoms with Crippen molar-refractivity contribution >= 4 is 5.95 Å². The van der Waals surface area contributed by atoms with Gasteiger partial charge in [0, 0.05) is 17.8 Å². The van der Waals surface area contributed by atoms with Crippen molar-refractivity contribution in [1.29, 1.82) is 0 Å². The van der Waals surface area contributed by atoms with Crippen LogP contribution in [0.5, 0.6) is 5.75 Å². The maximum Gasteiger partial charge on any atom is 0.223 e. The summed E-state index contributed by atoms with van der Waals surface area (Å²) in [5, 5.41) is 3.19. The summed E-state index contributed by atoms with van der Waals surface area (Å²) in [4.78, 5) is 8.91. The first-order valence-corrected chi connectivity index (χ1v) is 6.67. The molecule has 0 bridgehead atoms. The van der Waals surface area contributed by atoms with Crippen molar-refractivity contribution in [2.45, 2.75) is 13.3 Å². The van der Waals surface area contributed by atoms with Crippen molar-refractivity contribution < 1.29 is 4.74 Å². The van der Waals surface area contributed by atoms with E-state index in [1.165, 1.54) is 0 Å². The smallest absolute Gasteiger partial charge is 0.223 e. The van der Waals surface area contributed by atoms with Crippen LogP contribution in [0.2, 0.25) is 0 Å². The van der Waals surface area contributed by atoms with E-state index < -0.39 is 0 Å². The van der Waals surface area contributed by atoms with Crippen LogP contribution in [0.15, 0.2) is 30.3 Å². The molecule has 5 nitrogen and oxygen atoms in total. The zero-order valence-electron chi connectivity index (χ0n) is 11.9. The Morgan fingerprint density at radius 3 is 2.85 bits per heavy atom. The quantitative estimate of drug-likeness (QED) is 0.789. The first kappa shape index (κ1) is 14.3. The van der Waals surface area contributed by atoms with Gasteiger partial charge >= 0.3 is 0 Å². The second-order valence-electron chi connectivity index (χ2n) is 4.52. The molecule has 0 spiro atoms. The van der Waals surface area contributed by atoms with Crippen LogP contribution in [0.25, 0.3) is 11.3 Å². The summed E-state index contributed by atoms with van der Waals surface area (Å²) < 4.78 is 5.24. The third-order valence-electron chi connectivity index (χ3n) is 2.88. The van der Waals surface area contributed by atoms with Gasteiger partial charge in [0.05, 0.1) is 12.8 Å². The van der Waals surface area contributed by atoms with Crippen molar-refractivity contribution in [2.75, 3.05) is 25.5 Å². The summed E-state index contributed by atoms with van der Waals surface area (Å²) in [5.41, 5.74) is 8.30. The molecule has 0 atom stereocenters. The molecule has 1 aromatic heterocycles. The van der Waals surface area contributed by atoms with E-state index in [0.717, 1.165) is 35.7 Å². The van der Waals surface area contributed by atoms with Gasteiger partial charge in [-0.3, -0.25) is 0 Å². The fourth-order valence-corrected chi connectivity index (χ4v) is 1.88. The van der Waals surface area contributed by atoms with Gasteiger partial charge in [0.1, 0.15) is 5.75 Å². The third-order valence-corrected chi connectivity index (χ3v) is 2.88. The zero-order valence-corrected chi connectivity index (χ0v) is 11.9. The number of anilines is 1. The first-order valence-electron chi connectivity index (χ1n) is 6.67. The fourth-order valence-electron chi connectivity index (χ4n) is 1.88. The highest BCUT2D eigenvalue weighted by Crippen LogP contribution is 2.23. The number of hydrogen-bond acceptors (Lipinski definition) is 5. The lowest BCUT2D eigenvalue weighted by Crippen LogP contribution is -2.11. The summed E-state index contributed by atoms with van der Waals surface area (Å²) in [6.07, 6.45) is 0.895. The number of nitrogens with two attached hydrogens (primary N) is 1. The number of hydrogen-bond donors (Lipinski definition) is 2. The van der Waals surface area contributed by atoms with Crippen molar-refractivity contribution in [3.63, 3.8) is 0 Å². The highest BCUT2D eigenvalue weighted by Gasteiger charge is 2.05. The molecule has 2 aromatic rings. The second-order valence-corrected chi connectivity index (χ2v) is 4.52. The van der Waals surface area contributed by atoms with E-state index in [9.17, 15) is 0 Å². The highest BCUT2D eigenvalue weighted by molar-refractivity contribution is 5.62. The molecule has 5 heteroatoms. The van der Waals surface area contributed by atoms with Crippen LogP contribution in [-0.2, 0) is 0 Å². The molecule has 20 heavy (non-hydrogen) atoms. The Bertz CT molecular complexity index is 572. The van der Waals surface area contributed by atoms with Crippen LogP contribution in [0, 0.1) is 6.92 Å². The number of methoxy groups -OCH3 is 1. The van der Waals surface area contributed by atoms with E-state index in [2.05, 4.69) is 15.3 Å². The highest BCUT2D eigenvalue weighted by atomic mass is 16.5. The lowest BCUT2D eigenvalue weighted by molar-refractivity contribution is 0.415. The summed E-state index contributed by atoms with van der Waals surface area (Å²) in [7, 11) is 1.66. The maximum absolute atomic E-state index is 5.48. The van der Waals surface area contributed by atoms with E-state index in [1.54, 1.807) is 7.11 Å². The SMILES string of the molecule is COc1cccc(-c2cc(C)nc(NCCCN)n2)c1. The van der Waals surface area contributed by atoms with E-state index in [0.29, 0.717) is 12.5 Å². The maximum atomic E-state index is 5.48. The summed E-state index contributed by atoms with van der Waals surface area (Å²) in [5.74, 6) is 1.45. The normalized spacial score (nSPS) is 10.3. The van der Waals surface area contributed by atoms with Gasteiger partial charge in [-0.1, -0.05) is 12.1 Å². The molecular formula is C15H20N4O. The Labute approximate surface area is 119 Å². The average Bonchev–Trinajstić information content (AvgIpc) is 2.47. The molecule has 0 unspecified atom stereocenters. The van der Waals surface area contributed by atoms with Crippen LogP contribution < -0.4 is 15.8 Å². The molecule has 1 aromatic carbocycles. The lowest BCUT2D eigenvalue weighted by atomic mass is 10.1. The predicted octanol–water partition coefficient (Wildman–Crippen LogP) is 2.22. The van der Waals surface area contributed by atoms with E-state index in [4.69, 9.17) is 10.5 Å². The predicted molar refractivity (Wildman–Crippen MR) is 80.9 cm³/mol. The Kier molecular flexibility index (Phi) is 4.90. The summed E-state index contributed by atoms with van der Waals surface area (Å²) >= 11 is 0. The van der Waals surface area contributed by atoms with Gasteiger partial charge in [-0.15, -0.1) is 0 Å². The molecule has 1 heterocycles. The number of rotatable bonds is 6. The largest absolute Gasteiger partial charge is 0.497 e. The van der Waals surface area contributed by atoms with Crippen molar-refractivity contribution in [3.8, 4) is 17.0 Å². The average molecular weight is 272 g/mol. The Hall–Kier alpha value is -2.14. The monoisotopic (exact) mass is 272 g/mol. The first-order chi connectivity index (χ1) is 9.72. The molecule has 0 amide bonds. The standard InChI is InChI=1S/C15H20N4O/c1-11-9-14(12-5-3-6-13(10-12)20-2)19-15(18-11)17-8-4-7-16/h3,5-6,9-10H,4,7-8,16H2,1-2H3,(H,17,18,19). The lowest BCUT2D eigenvalue weighted by Gasteiger charge is -2.09. The molecule has 2 rings (SSSR count). The van der Waals surface area contributed by atoms with E-state index in [-0.39, 0.29) is 0 Å². The minimum Gasteiger partial charge on any atom is -0.497 e. The summed E-state index contributed by atoms with van der Waals surface area (Å²) in [6, 6.07) is 9.80. The van der Waals surface area contributed by atoms with Gasteiger partial charge in [0.2, 0.25) is 5.95 Å². The number of nitrogens with one attached hydrogen (secondary N) is 1. The molecule has 0 radical (unpaired) electrons. The Balaban J connectivity index is 2.26. The topological polar surface area (TPSA) is 73.1 Å². The molecule has 0 aliphatic rings. The number of ether oxygens (including phenoxy) is 1. The molecular weight excluding hydrogens is 252 g/mol. The zero-order chi connectivity index (χ0) is 14.4. The molecule has 0 saturated carbocycles. The molecule has 0 aliphatic heterocycles. The van der Waals surface area contributed by atoms with Crippen LogP contribution in [0.3, 0.4) is 0 Å². The van der Waals surface area contributed by atoms with Crippen LogP contribution in [0.4, 0.5) is 5.95 Å². The van der Waals surface area contributed by atoms with Gasteiger partial charge in [0.25, 0.3) is 0 Å². The molecule has 106 valence electrons. The van der Waals surface area contributed by atoms with Crippen LogP contribution in [-0.4, -0.2) is 30.2 Å². The van der Waals surface area contributed by atoms with Gasteiger partial charge < -0.3 is 15.8 Å². The van der Waals surface area contributed by atoms with E-state index in [1.807, 2.05) is 37.3 Å². The molecule has 0 saturated heterocycles. The van der Waals surface area contributed by atoms with Gasteiger partial charge in [-0.2, -0.15) is 0 Å². The molecule has 3 N–H and O–H groups in total. The van der Waals surface area contributed by atoms with Gasteiger partial charge in [0.15, 0.2) is 0 Å². The number of benzene rings is 1. The number of aromatic nitrogens is 2. The van der Waals surface area contributed by atoms with Crippen molar-refractivity contribution in [2.24, 2.45) is 5.73 Å². The van der Waals surface area contributed by atoms with Crippen molar-refractivity contribution in [3.05, 3.63) is 36.0 Å². The van der Waals surface area contributed by atoms with Gasteiger partial charge in [-0.05, 0) is 38.1 Å². The minimum absolute atomic E-state index is 0.635. The summed E-state index contributed by atoms with van der Waals surface area (Å²) in [6.45, 7) is 3.39. The van der Waals surface area contributed by atoms with Crippen LogP contribution >= 0.6 is 0 Å². The third kappa shape index (κ3) is 3.68. The van der Waals surface area contributed by atoms with Gasteiger partial charge in [-0.25, -0.2) is 9.97 Å². The van der Waals surface area contributed by atoms with Crippen LogP contribution in [0.1, 0.15) is 12.1 Å². The number of aryl methyl sites for hydroxylation is 1. The van der Waals surface area contributed by atoms with Crippen molar-refractivity contribution in [1.82, 2.24) is 9.97 Å². The van der Waals surface area contributed by atoms with E-state index >= 15 is 0 Å². The Morgan fingerprint density at radius 2 is 2.10 bits per heavy atom. The number of nitrogens with zero attached hydrogens (tertiary/aromatic N) is 2. The molecule has 0 aliphatic carbocycles. The Morgan fingerprint density at radius 1 is 1.25 bits per heavy atom. The minimum atomic E-state index is 0.635. The second kappa shape index (κ2) is 6.86. The molecule has 0 fully saturated rings.